The third-order valence-electron chi connectivity index (χ3n) is 4.28. The molecule has 10 heteroatoms. The van der Waals surface area contributed by atoms with E-state index in [1.54, 1.807) is 17.9 Å². The van der Waals surface area contributed by atoms with E-state index in [9.17, 15) is 14.9 Å². The average Bonchev–Trinajstić information content (AvgIpc) is 3.25. The van der Waals surface area contributed by atoms with E-state index in [4.69, 9.17) is 9.47 Å². The fraction of sp³-hybridized carbons (Fsp3) is 0.250. The summed E-state index contributed by atoms with van der Waals surface area (Å²) >= 11 is 0. The maximum Gasteiger partial charge on any atom is 0.286 e. The van der Waals surface area contributed by atoms with Gasteiger partial charge in [-0.25, -0.2) is 9.67 Å². The predicted molar refractivity (Wildman–Crippen MR) is 108 cm³/mol. The summed E-state index contributed by atoms with van der Waals surface area (Å²) in [6.07, 6.45) is 3.08. The van der Waals surface area contributed by atoms with Crippen molar-refractivity contribution in [3.8, 4) is 11.5 Å². The first-order chi connectivity index (χ1) is 14.5. The Kier molecular flexibility index (Phi) is 6.58. The van der Waals surface area contributed by atoms with Gasteiger partial charge in [0.2, 0.25) is 0 Å². The molecule has 0 atom stereocenters. The van der Waals surface area contributed by atoms with Crippen molar-refractivity contribution in [3.63, 3.8) is 0 Å². The Morgan fingerprint density at radius 1 is 1.23 bits per heavy atom. The average molecular weight is 411 g/mol. The van der Waals surface area contributed by atoms with E-state index in [0.29, 0.717) is 13.2 Å². The highest BCUT2D eigenvalue weighted by Crippen LogP contribution is 2.34. The molecule has 10 nitrogen and oxygen atoms in total. The lowest BCUT2D eigenvalue weighted by atomic mass is 10.1. The van der Waals surface area contributed by atoms with Gasteiger partial charge >= 0.3 is 0 Å². The summed E-state index contributed by atoms with van der Waals surface area (Å²) in [5.74, 6) is -0.115. The molecule has 1 aromatic heterocycles. The molecule has 3 aromatic rings. The molecule has 0 unspecified atom stereocenters. The van der Waals surface area contributed by atoms with Crippen LogP contribution in [0.3, 0.4) is 0 Å². The van der Waals surface area contributed by atoms with E-state index in [2.05, 4.69) is 15.4 Å². The van der Waals surface area contributed by atoms with Crippen LogP contribution >= 0.6 is 0 Å². The topological polar surface area (TPSA) is 121 Å². The fourth-order valence-corrected chi connectivity index (χ4v) is 2.93. The molecule has 0 aliphatic rings. The van der Waals surface area contributed by atoms with Gasteiger partial charge in [-0.05, 0) is 18.1 Å². The van der Waals surface area contributed by atoms with E-state index in [1.165, 1.54) is 25.6 Å². The molecule has 30 heavy (non-hydrogen) atoms. The largest absolute Gasteiger partial charge is 0.493 e. The molecule has 1 N–H and O–H groups in total. The van der Waals surface area contributed by atoms with Gasteiger partial charge in [-0.1, -0.05) is 24.3 Å². The number of nitro groups is 1. The molecule has 1 amide bonds. The number of nitrogens with zero attached hydrogens (tertiary/aromatic N) is 4. The number of hydrogen-bond acceptors (Lipinski definition) is 7. The first kappa shape index (κ1) is 20.8. The van der Waals surface area contributed by atoms with E-state index in [1.807, 2.05) is 24.3 Å². The van der Waals surface area contributed by atoms with E-state index >= 15 is 0 Å². The van der Waals surface area contributed by atoms with Crippen LogP contribution in [-0.2, 0) is 13.1 Å². The molecule has 1 heterocycles. The minimum Gasteiger partial charge on any atom is -0.493 e. The predicted octanol–water partition coefficient (Wildman–Crippen LogP) is 2.57. The van der Waals surface area contributed by atoms with Crippen LogP contribution in [0.2, 0.25) is 0 Å². The van der Waals surface area contributed by atoms with Crippen LogP contribution in [0.15, 0.2) is 49.1 Å². The Bertz CT molecular complexity index is 1040. The molecule has 3 rings (SSSR count). The highest BCUT2D eigenvalue weighted by atomic mass is 16.6. The molecule has 0 aliphatic carbocycles. The van der Waals surface area contributed by atoms with Crippen molar-refractivity contribution in [1.82, 2.24) is 20.1 Å². The number of nitrogens with one attached hydrogen (secondary N) is 1. The molecule has 0 radical (unpaired) electrons. The summed E-state index contributed by atoms with van der Waals surface area (Å²) in [5, 5.41) is 18.3. The maximum atomic E-state index is 12.7. The number of carbonyl (C=O) groups is 1. The number of nitro benzene ring substituents is 1. The van der Waals surface area contributed by atoms with Crippen molar-refractivity contribution in [3.05, 3.63) is 75.9 Å². The Hall–Kier alpha value is -3.95. The molecular formula is C20H21N5O5. The molecule has 0 aliphatic heterocycles. The number of ether oxygens (including phenoxy) is 2. The summed E-state index contributed by atoms with van der Waals surface area (Å²) in [5.41, 5.74) is 1.39. The van der Waals surface area contributed by atoms with Crippen molar-refractivity contribution in [1.29, 1.82) is 0 Å². The van der Waals surface area contributed by atoms with E-state index in [0.717, 1.165) is 11.1 Å². The molecule has 0 saturated carbocycles. The monoisotopic (exact) mass is 411 g/mol. The van der Waals surface area contributed by atoms with Crippen LogP contribution in [-0.4, -0.2) is 39.3 Å². The number of amides is 1. The molecule has 0 bridgehead atoms. The van der Waals surface area contributed by atoms with Crippen LogP contribution in [0.5, 0.6) is 11.5 Å². The van der Waals surface area contributed by atoms with Gasteiger partial charge in [-0.2, -0.15) is 5.10 Å². The molecular weight excluding hydrogens is 390 g/mol. The zero-order valence-corrected chi connectivity index (χ0v) is 16.6. The van der Waals surface area contributed by atoms with E-state index < -0.39 is 10.8 Å². The standard InChI is InChI=1S/C20H21N5O5/c1-3-30-19-9-17(25(27)28)16(8-18(19)29-2)20(26)22-10-14-5-4-6-15(7-14)11-24-13-21-12-23-24/h4-9,12-13H,3,10-11H2,1-2H3,(H,22,26). The highest BCUT2D eigenvalue weighted by molar-refractivity contribution is 5.99. The van der Waals surface area contributed by atoms with Gasteiger partial charge in [0.15, 0.2) is 11.5 Å². The molecule has 0 spiro atoms. The zero-order valence-electron chi connectivity index (χ0n) is 16.6. The quantitative estimate of drug-likeness (QED) is 0.424. The van der Waals surface area contributed by atoms with Gasteiger partial charge in [0, 0.05) is 12.6 Å². The lowest BCUT2D eigenvalue weighted by Gasteiger charge is -2.12. The Labute approximate surface area is 172 Å². The number of benzene rings is 2. The summed E-state index contributed by atoms with van der Waals surface area (Å²) in [6, 6.07) is 10.1. The second kappa shape index (κ2) is 9.50. The highest BCUT2D eigenvalue weighted by Gasteiger charge is 2.24. The first-order valence-corrected chi connectivity index (χ1v) is 9.19. The second-order valence-corrected chi connectivity index (χ2v) is 6.31. The Balaban J connectivity index is 1.76. The summed E-state index contributed by atoms with van der Waals surface area (Å²) in [4.78, 5) is 27.4. The third-order valence-corrected chi connectivity index (χ3v) is 4.28. The lowest BCUT2D eigenvalue weighted by Crippen LogP contribution is -2.24. The smallest absolute Gasteiger partial charge is 0.286 e. The van der Waals surface area contributed by atoms with Crippen molar-refractivity contribution < 1.29 is 19.2 Å². The van der Waals surface area contributed by atoms with Crippen molar-refractivity contribution >= 4 is 11.6 Å². The van der Waals surface area contributed by atoms with Gasteiger partial charge in [0.05, 0.1) is 31.3 Å². The van der Waals surface area contributed by atoms with Crippen molar-refractivity contribution in [2.45, 2.75) is 20.0 Å². The number of methoxy groups -OCH3 is 1. The van der Waals surface area contributed by atoms with Gasteiger partial charge in [-0.15, -0.1) is 0 Å². The third kappa shape index (κ3) is 4.90. The molecule has 0 saturated heterocycles. The van der Waals surface area contributed by atoms with Gasteiger partial charge in [-0.3, -0.25) is 14.9 Å². The molecule has 0 fully saturated rings. The summed E-state index contributed by atoms with van der Waals surface area (Å²) in [6.45, 7) is 2.81. The normalized spacial score (nSPS) is 10.5. The number of hydrogen-bond donors (Lipinski definition) is 1. The van der Waals surface area contributed by atoms with Crippen molar-refractivity contribution in [2.75, 3.05) is 13.7 Å². The van der Waals surface area contributed by atoms with Crippen LogP contribution in [0.4, 0.5) is 5.69 Å². The molecule has 156 valence electrons. The SMILES string of the molecule is CCOc1cc([N+](=O)[O-])c(C(=O)NCc2cccc(Cn3cncn3)c2)cc1OC. The van der Waals surface area contributed by atoms with Crippen molar-refractivity contribution in [2.24, 2.45) is 0 Å². The minimum absolute atomic E-state index is 0.0981. The van der Waals surface area contributed by atoms with E-state index in [-0.39, 0.29) is 29.3 Å². The maximum absolute atomic E-state index is 12.7. The number of aromatic nitrogens is 3. The first-order valence-electron chi connectivity index (χ1n) is 9.19. The summed E-state index contributed by atoms with van der Waals surface area (Å²) < 4.78 is 12.3. The Morgan fingerprint density at radius 3 is 2.70 bits per heavy atom. The number of rotatable bonds is 9. The lowest BCUT2D eigenvalue weighted by molar-refractivity contribution is -0.385. The summed E-state index contributed by atoms with van der Waals surface area (Å²) in [7, 11) is 1.41. The van der Waals surface area contributed by atoms with Crippen LogP contribution < -0.4 is 14.8 Å². The van der Waals surface area contributed by atoms with Crippen LogP contribution in [0, 0.1) is 10.1 Å². The van der Waals surface area contributed by atoms with Crippen LogP contribution in [0.25, 0.3) is 0 Å². The van der Waals surface area contributed by atoms with Gasteiger partial charge in [0.25, 0.3) is 11.6 Å². The Morgan fingerprint density at radius 2 is 2.03 bits per heavy atom. The second-order valence-electron chi connectivity index (χ2n) is 6.31. The molecule has 2 aromatic carbocycles. The van der Waals surface area contributed by atoms with Gasteiger partial charge < -0.3 is 14.8 Å². The zero-order chi connectivity index (χ0) is 21.5. The number of carbonyl (C=O) groups excluding carboxylic acids is 1. The fourth-order valence-electron chi connectivity index (χ4n) is 2.93. The van der Waals surface area contributed by atoms with Crippen LogP contribution in [0.1, 0.15) is 28.4 Å². The minimum atomic E-state index is -0.615. The van der Waals surface area contributed by atoms with Gasteiger partial charge in [0.1, 0.15) is 18.2 Å².